The van der Waals surface area contributed by atoms with Crippen LogP contribution in [-0.2, 0) is 14.6 Å². The van der Waals surface area contributed by atoms with Gasteiger partial charge in [0.25, 0.3) is 0 Å². The van der Waals surface area contributed by atoms with Gasteiger partial charge in [0.1, 0.15) is 24.4 Å². The van der Waals surface area contributed by atoms with Crippen LogP contribution in [0.2, 0.25) is 0 Å². The molecule has 0 saturated heterocycles. The normalized spacial score (nSPS) is 18.9. The van der Waals surface area contributed by atoms with Crippen LogP contribution in [0.5, 0.6) is 0 Å². The van der Waals surface area contributed by atoms with Crippen LogP contribution in [0.15, 0.2) is 0 Å². The van der Waals surface area contributed by atoms with Crippen LogP contribution in [0.25, 0.3) is 0 Å². The van der Waals surface area contributed by atoms with E-state index >= 15 is 0 Å². The van der Waals surface area contributed by atoms with Gasteiger partial charge in [-0.25, -0.2) is 4.18 Å². The summed E-state index contributed by atoms with van der Waals surface area (Å²) in [5.74, 6) is 0. The molecule has 0 aromatic heterocycles. The molecule has 0 bridgehead atoms. The van der Waals surface area contributed by atoms with Crippen molar-refractivity contribution >= 4 is 48.1 Å². The molecule has 11 heteroatoms. The first-order valence-electron chi connectivity index (χ1n) is 4.14. The van der Waals surface area contributed by atoms with E-state index in [0.717, 1.165) is 0 Å². The van der Waals surface area contributed by atoms with Gasteiger partial charge in [-0.3, -0.25) is 4.55 Å². The van der Waals surface area contributed by atoms with Crippen molar-refractivity contribution in [3.63, 3.8) is 0 Å². The third kappa shape index (κ3) is 8.61. The Labute approximate surface area is 128 Å². The van der Waals surface area contributed by atoms with Crippen molar-refractivity contribution in [3.8, 4) is 0 Å². The molecule has 17 heavy (non-hydrogen) atoms. The van der Waals surface area contributed by atoms with Crippen LogP contribution in [0.3, 0.4) is 0 Å². The fourth-order valence-corrected chi connectivity index (χ4v) is 1.13. The Morgan fingerprint density at radius 3 is 1.76 bits per heavy atom. The Morgan fingerprint density at radius 2 is 1.41 bits per heavy atom. The quantitative estimate of drug-likeness (QED) is 0.200. The number of hydrogen-bond donors (Lipinski definition) is 6. The minimum absolute atomic E-state index is 0. The van der Waals surface area contributed by atoms with E-state index in [-0.39, 0.29) is 37.7 Å². The van der Waals surface area contributed by atoms with Gasteiger partial charge in [-0.15, -0.1) is 0 Å². The molecule has 0 aliphatic heterocycles. The number of hydrogen-bond acceptors (Lipinski definition) is 8. The topological polar surface area (TPSA) is 165 Å². The minimum atomic E-state index is -4.77. The molecule has 0 aromatic carbocycles. The fourth-order valence-electron chi connectivity index (χ4n) is 0.817. The standard InChI is InChI=1S/C6H14O9S.Ca.2H/c7-1-3(8)5(10)6(11)4(9)2-15-16(12,13)14;;;/h3-11H,1-2H2,(H,12,13,14);;;/t3-,4-,5-,6-;;;/m1.../s1. The first kappa shape index (κ1) is 20.3. The van der Waals surface area contributed by atoms with Crippen LogP contribution < -0.4 is 0 Å². The van der Waals surface area contributed by atoms with E-state index in [0.29, 0.717) is 0 Å². The van der Waals surface area contributed by atoms with E-state index in [2.05, 4.69) is 4.18 Å². The fraction of sp³-hybridized carbons (Fsp3) is 1.00. The van der Waals surface area contributed by atoms with E-state index in [9.17, 15) is 8.42 Å². The van der Waals surface area contributed by atoms with E-state index in [1.54, 1.807) is 0 Å². The monoisotopic (exact) mass is 304 g/mol. The van der Waals surface area contributed by atoms with Gasteiger partial charge in [0.05, 0.1) is 13.2 Å². The molecule has 0 aliphatic rings. The summed E-state index contributed by atoms with van der Waals surface area (Å²) in [5, 5.41) is 44.7. The van der Waals surface area contributed by atoms with Crippen LogP contribution >= 0.6 is 0 Å². The van der Waals surface area contributed by atoms with Gasteiger partial charge in [0.2, 0.25) is 0 Å². The number of rotatable bonds is 7. The Morgan fingerprint density at radius 1 is 1.00 bits per heavy atom. The second-order valence-corrected chi connectivity index (χ2v) is 4.10. The molecule has 0 rings (SSSR count). The van der Waals surface area contributed by atoms with Crippen molar-refractivity contribution in [1.82, 2.24) is 0 Å². The molecule has 0 saturated carbocycles. The Bertz CT molecular complexity index is 294. The van der Waals surface area contributed by atoms with E-state index in [1.807, 2.05) is 0 Å². The second kappa shape index (κ2) is 8.93. The predicted octanol–water partition coefficient (Wildman–Crippen LogP) is -4.67. The third-order valence-electron chi connectivity index (χ3n) is 1.71. The van der Waals surface area contributed by atoms with Gasteiger partial charge in [-0.05, 0) is 0 Å². The molecule has 0 heterocycles. The van der Waals surface area contributed by atoms with Crippen molar-refractivity contribution in [2.75, 3.05) is 13.2 Å². The number of aliphatic hydroxyl groups is 5. The average molecular weight is 304 g/mol. The molecule has 0 aliphatic carbocycles. The average Bonchev–Trinajstić information content (AvgIpc) is 2.21. The van der Waals surface area contributed by atoms with E-state index < -0.39 is 48.0 Å². The van der Waals surface area contributed by atoms with Crippen molar-refractivity contribution in [3.05, 3.63) is 0 Å². The van der Waals surface area contributed by atoms with E-state index in [1.165, 1.54) is 0 Å². The Hall–Kier alpha value is 0.930. The van der Waals surface area contributed by atoms with Gasteiger partial charge in [-0.2, -0.15) is 8.42 Å². The summed E-state index contributed by atoms with van der Waals surface area (Å²) in [4.78, 5) is 0. The molecule has 9 nitrogen and oxygen atoms in total. The summed E-state index contributed by atoms with van der Waals surface area (Å²) in [6.45, 7) is -1.86. The number of aliphatic hydroxyl groups excluding tert-OH is 5. The van der Waals surface area contributed by atoms with Crippen molar-refractivity contribution in [2.24, 2.45) is 0 Å². The first-order chi connectivity index (χ1) is 7.19. The molecule has 102 valence electrons. The molecule has 0 aromatic rings. The molecule has 0 spiro atoms. The maximum absolute atomic E-state index is 10.1. The van der Waals surface area contributed by atoms with Crippen LogP contribution in [0.1, 0.15) is 0 Å². The third-order valence-corrected chi connectivity index (χ3v) is 2.15. The van der Waals surface area contributed by atoms with Gasteiger partial charge in [-0.1, -0.05) is 0 Å². The van der Waals surface area contributed by atoms with Gasteiger partial charge in [0.15, 0.2) is 0 Å². The molecular weight excluding hydrogens is 288 g/mol. The molecule has 6 N–H and O–H groups in total. The van der Waals surface area contributed by atoms with Gasteiger partial charge < -0.3 is 25.5 Å². The maximum atomic E-state index is 10.1. The molecule has 4 atom stereocenters. The summed E-state index contributed by atoms with van der Waals surface area (Å²) >= 11 is 0. The van der Waals surface area contributed by atoms with Crippen LogP contribution in [0.4, 0.5) is 0 Å². The molecule has 0 radical (unpaired) electrons. The van der Waals surface area contributed by atoms with E-state index in [4.69, 9.17) is 30.1 Å². The SMILES string of the molecule is O=S(=O)(O)OC[C@@H](O)[C@@H](O)[C@H](O)[C@H](O)CO.[CaH2]. The Kier molecular flexibility index (Phi) is 10.6. The zero-order valence-corrected chi connectivity index (χ0v) is 8.86. The van der Waals surface area contributed by atoms with Gasteiger partial charge in [0, 0.05) is 0 Å². The molecule has 0 unspecified atom stereocenters. The van der Waals surface area contributed by atoms with Crippen molar-refractivity contribution in [1.29, 1.82) is 0 Å². The zero-order chi connectivity index (χ0) is 12.9. The molecular formula is C6H16CaO9S. The first-order valence-corrected chi connectivity index (χ1v) is 5.50. The molecule has 0 amide bonds. The predicted molar refractivity (Wildman–Crippen MR) is 57.2 cm³/mol. The summed E-state index contributed by atoms with van der Waals surface area (Å²) in [6.07, 6.45) is -7.39. The zero-order valence-electron chi connectivity index (χ0n) is 8.04. The van der Waals surface area contributed by atoms with Crippen LogP contribution in [-0.4, -0.2) is 114 Å². The summed E-state index contributed by atoms with van der Waals surface area (Å²) < 4.78 is 32.1. The van der Waals surface area contributed by atoms with Crippen LogP contribution in [0, 0.1) is 0 Å². The molecule has 0 fully saturated rings. The Balaban J connectivity index is 0. The summed E-state index contributed by atoms with van der Waals surface area (Å²) in [5.41, 5.74) is 0. The summed E-state index contributed by atoms with van der Waals surface area (Å²) in [7, 11) is -4.77. The van der Waals surface area contributed by atoms with Crippen molar-refractivity contribution < 1.29 is 42.7 Å². The summed E-state index contributed by atoms with van der Waals surface area (Å²) in [6, 6.07) is 0. The van der Waals surface area contributed by atoms with Gasteiger partial charge >= 0.3 is 48.1 Å². The van der Waals surface area contributed by atoms with Crippen molar-refractivity contribution in [2.45, 2.75) is 24.4 Å². The second-order valence-electron chi connectivity index (χ2n) is 3.01.